The van der Waals surface area contributed by atoms with E-state index >= 15 is 0 Å². The second-order valence-electron chi connectivity index (χ2n) is 8.16. The third-order valence-corrected chi connectivity index (χ3v) is 6.02. The fourth-order valence-corrected chi connectivity index (χ4v) is 4.28. The lowest BCUT2D eigenvalue weighted by molar-refractivity contribution is 0.0952. The highest BCUT2D eigenvalue weighted by molar-refractivity contribution is 5.96. The molecule has 0 fully saturated rings. The van der Waals surface area contributed by atoms with Crippen LogP contribution in [0.15, 0.2) is 36.4 Å². The van der Waals surface area contributed by atoms with Gasteiger partial charge in [-0.15, -0.1) is 0 Å². The minimum Gasteiger partial charge on any atom is -0.454 e. The van der Waals surface area contributed by atoms with Gasteiger partial charge in [-0.3, -0.25) is 4.79 Å². The van der Waals surface area contributed by atoms with Crippen molar-refractivity contribution in [1.82, 2.24) is 20.6 Å². The van der Waals surface area contributed by atoms with E-state index in [9.17, 15) is 4.79 Å². The van der Waals surface area contributed by atoms with Gasteiger partial charge in [0.15, 0.2) is 11.5 Å². The summed E-state index contributed by atoms with van der Waals surface area (Å²) in [5.41, 5.74) is 6.43. The van der Waals surface area contributed by atoms with Gasteiger partial charge < -0.3 is 25.1 Å². The molecule has 2 aliphatic rings. The molecule has 166 valence electrons. The molecular weight excluding hydrogens is 404 g/mol. The van der Waals surface area contributed by atoms with E-state index in [2.05, 4.69) is 28.6 Å². The number of pyridine rings is 1. The van der Waals surface area contributed by atoms with E-state index in [0.717, 1.165) is 84.2 Å². The summed E-state index contributed by atoms with van der Waals surface area (Å²) in [5, 5.41) is 6.46. The summed E-state index contributed by atoms with van der Waals surface area (Å²) in [6.07, 6.45) is 3.59. The van der Waals surface area contributed by atoms with Crippen molar-refractivity contribution in [3.8, 4) is 34.1 Å². The Kier molecular flexibility index (Phi) is 5.81. The van der Waals surface area contributed by atoms with E-state index in [-0.39, 0.29) is 12.7 Å². The van der Waals surface area contributed by atoms with Gasteiger partial charge in [-0.1, -0.05) is 13.0 Å². The van der Waals surface area contributed by atoms with E-state index < -0.39 is 0 Å². The van der Waals surface area contributed by atoms with Crippen LogP contribution in [0.2, 0.25) is 0 Å². The average Bonchev–Trinajstić information content (AvgIpc) is 3.46. The number of carbonyl (C=O) groups excluding carboxylic acids is 1. The van der Waals surface area contributed by atoms with Crippen LogP contribution in [0.1, 0.15) is 41.4 Å². The normalized spacial score (nSPS) is 16.2. The lowest BCUT2D eigenvalue weighted by Crippen LogP contribution is -2.27. The predicted octanol–water partition coefficient (Wildman–Crippen LogP) is 3.69. The third kappa shape index (κ3) is 4.08. The zero-order chi connectivity index (χ0) is 21.9. The molecule has 2 aliphatic heterocycles. The first kappa shape index (κ1) is 20.6. The van der Waals surface area contributed by atoms with E-state index in [4.69, 9.17) is 14.5 Å². The molecule has 7 nitrogen and oxygen atoms in total. The molecule has 1 aromatic carbocycles. The standard InChI is InChI=1S/C25H28N4O3/c1-2-16-6-8-20(29-24(16)17-7-9-22-23(13-17)32-15-31-22)21-14-18-19(28-21)5-3-10-26-11-4-12-27-25(18)30/h6-9,13-14,26,28H,2-5,10-12,15H2,1H3,(H,27,30). The fourth-order valence-electron chi connectivity index (χ4n) is 4.28. The zero-order valence-electron chi connectivity index (χ0n) is 18.3. The van der Waals surface area contributed by atoms with Gasteiger partial charge in [-0.2, -0.15) is 0 Å². The van der Waals surface area contributed by atoms with Crippen molar-refractivity contribution in [3.05, 3.63) is 53.2 Å². The number of hydrogen-bond donors (Lipinski definition) is 3. The Morgan fingerprint density at radius 1 is 1.00 bits per heavy atom. The first-order chi connectivity index (χ1) is 15.7. The third-order valence-electron chi connectivity index (χ3n) is 6.02. The summed E-state index contributed by atoms with van der Waals surface area (Å²) < 4.78 is 11.0. The summed E-state index contributed by atoms with van der Waals surface area (Å²) in [6.45, 7) is 4.91. The number of H-pyrrole nitrogens is 1. The fraction of sp³-hybridized carbons (Fsp3) is 0.360. The second-order valence-corrected chi connectivity index (χ2v) is 8.16. The van der Waals surface area contributed by atoms with Gasteiger partial charge in [0.05, 0.1) is 22.6 Å². The highest BCUT2D eigenvalue weighted by Crippen LogP contribution is 2.37. The number of amides is 1. The molecule has 0 radical (unpaired) electrons. The number of carbonyl (C=O) groups is 1. The van der Waals surface area contributed by atoms with Crippen LogP contribution in [0.5, 0.6) is 11.5 Å². The lowest BCUT2D eigenvalue weighted by atomic mass is 10.0. The number of aromatic nitrogens is 2. The van der Waals surface area contributed by atoms with Crippen LogP contribution >= 0.6 is 0 Å². The van der Waals surface area contributed by atoms with Crippen molar-refractivity contribution in [2.75, 3.05) is 26.4 Å². The summed E-state index contributed by atoms with van der Waals surface area (Å²) in [5.74, 6) is 1.48. The predicted molar refractivity (Wildman–Crippen MR) is 123 cm³/mol. The molecule has 5 rings (SSSR count). The molecule has 3 N–H and O–H groups in total. The van der Waals surface area contributed by atoms with Crippen molar-refractivity contribution in [1.29, 1.82) is 0 Å². The maximum Gasteiger partial charge on any atom is 0.253 e. The molecule has 3 aromatic rings. The highest BCUT2D eigenvalue weighted by atomic mass is 16.7. The van der Waals surface area contributed by atoms with Gasteiger partial charge in [-0.25, -0.2) is 4.98 Å². The molecule has 0 aliphatic carbocycles. The Labute approximate surface area is 187 Å². The molecule has 0 saturated heterocycles. The van der Waals surface area contributed by atoms with E-state index in [1.807, 2.05) is 30.3 Å². The van der Waals surface area contributed by atoms with E-state index in [0.29, 0.717) is 12.1 Å². The Morgan fingerprint density at radius 2 is 1.88 bits per heavy atom. The molecule has 0 spiro atoms. The van der Waals surface area contributed by atoms with Gasteiger partial charge in [0.1, 0.15) is 0 Å². The molecule has 7 heteroatoms. The van der Waals surface area contributed by atoms with Crippen LogP contribution in [-0.4, -0.2) is 42.3 Å². The van der Waals surface area contributed by atoms with Gasteiger partial charge in [0.2, 0.25) is 6.79 Å². The van der Waals surface area contributed by atoms with Crippen LogP contribution in [-0.2, 0) is 12.8 Å². The molecule has 2 aromatic heterocycles. The zero-order valence-corrected chi connectivity index (χ0v) is 18.3. The van der Waals surface area contributed by atoms with Gasteiger partial charge in [0.25, 0.3) is 5.91 Å². The van der Waals surface area contributed by atoms with Crippen molar-refractivity contribution >= 4 is 5.91 Å². The topological polar surface area (TPSA) is 88.3 Å². The number of aryl methyl sites for hydroxylation is 2. The molecule has 0 bridgehead atoms. The van der Waals surface area contributed by atoms with Gasteiger partial charge >= 0.3 is 0 Å². The molecule has 0 saturated carbocycles. The number of benzene rings is 1. The smallest absolute Gasteiger partial charge is 0.253 e. The van der Waals surface area contributed by atoms with Crippen LogP contribution in [0, 0.1) is 0 Å². The molecule has 1 amide bonds. The average molecular weight is 433 g/mol. The first-order valence-electron chi connectivity index (χ1n) is 11.3. The number of nitrogens with one attached hydrogen (secondary N) is 3. The Hall–Kier alpha value is -3.32. The number of aromatic amines is 1. The van der Waals surface area contributed by atoms with Crippen LogP contribution in [0.4, 0.5) is 0 Å². The minimum atomic E-state index is -0.0226. The van der Waals surface area contributed by atoms with Crippen molar-refractivity contribution in [2.45, 2.75) is 32.6 Å². The van der Waals surface area contributed by atoms with Crippen molar-refractivity contribution in [3.63, 3.8) is 0 Å². The van der Waals surface area contributed by atoms with Crippen molar-refractivity contribution < 1.29 is 14.3 Å². The molecule has 0 atom stereocenters. The Morgan fingerprint density at radius 3 is 2.78 bits per heavy atom. The lowest BCUT2D eigenvalue weighted by Gasteiger charge is -2.10. The van der Waals surface area contributed by atoms with E-state index in [1.54, 1.807) is 0 Å². The molecule has 4 heterocycles. The summed E-state index contributed by atoms with van der Waals surface area (Å²) in [7, 11) is 0. The maximum absolute atomic E-state index is 12.8. The summed E-state index contributed by atoms with van der Waals surface area (Å²) >= 11 is 0. The Bertz CT molecular complexity index is 1140. The Balaban J connectivity index is 1.52. The highest BCUT2D eigenvalue weighted by Gasteiger charge is 2.19. The van der Waals surface area contributed by atoms with Crippen molar-refractivity contribution in [2.24, 2.45) is 0 Å². The second kappa shape index (κ2) is 9.04. The van der Waals surface area contributed by atoms with E-state index in [1.165, 1.54) is 0 Å². The quantitative estimate of drug-likeness (QED) is 0.588. The number of rotatable bonds is 3. The van der Waals surface area contributed by atoms with Gasteiger partial charge in [0, 0.05) is 17.8 Å². The number of hydrogen-bond acceptors (Lipinski definition) is 5. The largest absolute Gasteiger partial charge is 0.454 e. The number of ether oxygens (including phenoxy) is 2. The first-order valence-corrected chi connectivity index (χ1v) is 11.3. The summed E-state index contributed by atoms with van der Waals surface area (Å²) in [6, 6.07) is 12.0. The minimum absolute atomic E-state index is 0.0226. The van der Waals surface area contributed by atoms with Gasteiger partial charge in [-0.05, 0) is 74.7 Å². The molecule has 32 heavy (non-hydrogen) atoms. The van der Waals surface area contributed by atoms with Crippen LogP contribution < -0.4 is 20.1 Å². The molecular formula is C25H28N4O3. The monoisotopic (exact) mass is 432 g/mol. The van der Waals surface area contributed by atoms with Crippen LogP contribution in [0.3, 0.4) is 0 Å². The molecule has 0 unspecified atom stereocenters. The SMILES string of the molecule is CCc1ccc(-c2cc3c([nH]2)CCCNCCCNC3=O)nc1-c1ccc2c(c1)OCO2. The number of nitrogens with zero attached hydrogens (tertiary/aromatic N) is 1. The number of fused-ring (bicyclic) bond motifs is 2. The summed E-state index contributed by atoms with van der Waals surface area (Å²) in [4.78, 5) is 21.3. The maximum atomic E-state index is 12.8. The van der Waals surface area contributed by atoms with Crippen LogP contribution in [0.25, 0.3) is 22.6 Å².